The molecule has 0 aliphatic carbocycles. The first-order valence-electron chi connectivity index (χ1n) is 2.99. The third-order valence-electron chi connectivity index (χ3n) is 1.24. The van der Waals surface area contributed by atoms with E-state index in [4.69, 9.17) is 0 Å². The number of Topliss-reactive ketones (excluding diaryl/α,β-unsaturated/α-hetero) is 1. The molecule has 0 aromatic heterocycles. The second-order valence-electron chi connectivity index (χ2n) is 2.07. The molecule has 0 saturated carbocycles. The van der Waals surface area contributed by atoms with E-state index in [9.17, 15) is 13.6 Å². The molecule has 0 N–H and O–H groups in total. The molecule has 1 rings (SSSR count). The predicted molar refractivity (Wildman–Crippen MR) is 35.2 cm³/mol. The summed E-state index contributed by atoms with van der Waals surface area (Å²) in [4.78, 5) is 10.6. The Hall–Kier alpha value is -1.25. The van der Waals surface area contributed by atoms with E-state index in [2.05, 4.69) is 6.07 Å². The van der Waals surface area contributed by atoms with Crippen molar-refractivity contribution in [1.82, 2.24) is 0 Å². The minimum Gasteiger partial charge on any atom is -0.294 e. The van der Waals surface area contributed by atoms with E-state index in [0.717, 1.165) is 13.0 Å². The van der Waals surface area contributed by atoms with Crippen molar-refractivity contribution in [2.24, 2.45) is 0 Å². The van der Waals surface area contributed by atoms with Crippen molar-refractivity contribution in [2.45, 2.75) is 6.92 Å². The topological polar surface area (TPSA) is 17.1 Å². The van der Waals surface area contributed by atoms with Gasteiger partial charge in [-0.15, -0.1) is 0 Å². The predicted octanol–water partition coefficient (Wildman–Crippen LogP) is 1.97. The molecule has 0 spiro atoms. The maximum absolute atomic E-state index is 12.6. The first-order valence-corrected chi connectivity index (χ1v) is 2.99. The standard InChI is InChI=1S/C8H5F2O/c1-5(11)6-3-2-4-7(9)8(6)10/h2,4H,1H3. The van der Waals surface area contributed by atoms with E-state index in [0.29, 0.717) is 0 Å². The molecule has 11 heavy (non-hydrogen) atoms. The molecule has 0 fully saturated rings. The van der Waals surface area contributed by atoms with Crippen LogP contribution in [0, 0.1) is 17.7 Å². The van der Waals surface area contributed by atoms with Crippen molar-refractivity contribution in [3.63, 3.8) is 0 Å². The quantitative estimate of drug-likeness (QED) is 0.566. The van der Waals surface area contributed by atoms with Gasteiger partial charge in [-0.3, -0.25) is 4.79 Å². The smallest absolute Gasteiger partial charge is 0.170 e. The van der Waals surface area contributed by atoms with Crippen molar-refractivity contribution >= 4 is 5.78 Å². The van der Waals surface area contributed by atoms with E-state index in [1.54, 1.807) is 0 Å². The van der Waals surface area contributed by atoms with E-state index >= 15 is 0 Å². The average molecular weight is 155 g/mol. The van der Waals surface area contributed by atoms with Crippen molar-refractivity contribution in [3.8, 4) is 0 Å². The minimum atomic E-state index is -1.12. The van der Waals surface area contributed by atoms with Gasteiger partial charge in [0.1, 0.15) is 0 Å². The van der Waals surface area contributed by atoms with E-state index in [1.807, 2.05) is 0 Å². The summed E-state index contributed by atoms with van der Waals surface area (Å²) in [5.41, 5.74) is -0.329. The highest BCUT2D eigenvalue weighted by atomic mass is 19.2. The number of benzene rings is 1. The third-order valence-corrected chi connectivity index (χ3v) is 1.24. The van der Waals surface area contributed by atoms with Crippen LogP contribution in [-0.4, -0.2) is 5.78 Å². The summed E-state index contributed by atoms with van der Waals surface area (Å²) in [6.45, 7) is 1.16. The van der Waals surface area contributed by atoms with Crippen LogP contribution in [0.15, 0.2) is 12.1 Å². The van der Waals surface area contributed by atoms with Crippen LogP contribution in [0.5, 0.6) is 0 Å². The summed E-state index contributed by atoms with van der Waals surface area (Å²) in [6.07, 6.45) is 0. The van der Waals surface area contributed by atoms with Gasteiger partial charge in [0.15, 0.2) is 17.4 Å². The molecule has 3 heteroatoms. The number of ketones is 1. The highest BCUT2D eigenvalue weighted by molar-refractivity contribution is 5.93. The number of rotatable bonds is 1. The maximum atomic E-state index is 12.6. The van der Waals surface area contributed by atoms with Crippen LogP contribution in [0.1, 0.15) is 17.3 Å². The lowest BCUT2D eigenvalue weighted by Gasteiger charge is -1.96. The number of hydrogen-bond acceptors (Lipinski definition) is 1. The summed E-state index contributed by atoms with van der Waals surface area (Å²) in [6, 6.07) is 4.41. The zero-order valence-corrected chi connectivity index (χ0v) is 5.82. The molecule has 0 aliphatic heterocycles. The maximum Gasteiger partial charge on any atom is 0.170 e. The Bertz CT molecular complexity index is 294. The van der Waals surface area contributed by atoms with Crippen molar-refractivity contribution in [1.29, 1.82) is 0 Å². The number of carbonyl (C=O) groups is 1. The van der Waals surface area contributed by atoms with E-state index in [-0.39, 0.29) is 5.56 Å². The molecule has 0 heterocycles. The van der Waals surface area contributed by atoms with Gasteiger partial charge in [-0.1, -0.05) is 6.07 Å². The lowest BCUT2D eigenvalue weighted by molar-refractivity contribution is 0.101. The summed E-state index contributed by atoms with van der Waals surface area (Å²) in [5, 5.41) is 0. The molecule has 0 aliphatic rings. The highest BCUT2D eigenvalue weighted by Crippen LogP contribution is 2.10. The minimum absolute atomic E-state index is 0.329. The Balaban J connectivity index is 3.27. The van der Waals surface area contributed by atoms with E-state index in [1.165, 1.54) is 6.07 Å². The Morgan fingerprint density at radius 3 is 2.64 bits per heavy atom. The molecule has 57 valence electrons. The van der Waals surface area contributed by atoms with Crippen molar-refractivity contribution in [2.75, 3.05) is 0 Å². The van der Waals surface area contributed by atoms with Gasteiger partial charge in [-0.05, 0) is 19.1 Å². The monoisotopic (exact) mass is 155 g/mol. The second-order valence-corrected chi connectivity index (χ2v) is 2.07. The normalized spacial score (nSPS) is 9.73. The van der Waals surface area contributed by atoms with E-state index < -0.39 is 17.4 Å². The third kappa shape index (κ3) is 1.42. The van der Waals surface area contributed by atoms with Gasteiger partial charge in [0.05, 0.1) is 5.56 Å². The summed E-state index contributed by atoms with van der Waals surface area (Å²) in [7, 11) is 0. The first kappa shape index (κ1) is 7.85. The fourth-order valence-corrected chi connectivity index (χ4v) is 0.710. The molecule has 0 saturated heterocycles. The van der Waals surface area contributed by atoms with Crippen molar-refractivity contribution < 1.29 is 13.6 Å². The van der Waals surface area contributed by atoms with Crippen LogP contribution in [0.2, 0.25) is 0 Å². The SMILES string of the molecule is CC(=O)c1[c]ccc(F)c1F. The molecule has 0 unspecified atom stereocenters. The zero-order valence-electron chi connectivity index (χ0n) is 5.82. The van der Waals surface area contributed by atoms with Gasteiger partial charge in [0.25, 0.3) is 0 Å². The molecule has 0 atom stereocenters. The first-order chi connectivity index (χ1) is 5.13. The summed E-state index contributed by atoms with van der Waals surface area (Å²) < 4.78 is 25.0. The summed E-state index contributed by atoms with van der Waals surface area (Å²) in [5.74, 6) is -2.67. The largest absolute Gasteiger partial charge is 0.294 e. The van der Waals surface area contributed by atoms with Crippen LogP contribution >= 0.6 is 0 Å². The van der Waals surface area contributed by atoms with Gasteiger partial charge in [0.2, 0.25) is 0 Å². The molecular formula is C8H5F2O. The molecule has 0 amide bonds. The second kappa shape index (κ2) is 2.78. The highest BCUT2D eigenvalue weighted by Gasteiger charge is 2.10. The van der Waals surface area contributed by atoms with Crippen molar-refractivity contribution in [3.05, 3.63) is 35.4 Å². The number of hydrogen-bond donors (Lipinski definition) is 0. The van der Waals surface area contributed by atoms with Crippen LogP contribution in [0.3, 0.4) is 0 Å². The van der Waals surface area contributed by atoms with Crippen LogP contribution < -0.4 is 0 Å². The summed E-state index contributed by atoms with van der Waals surface area (Å²) >= 11 is 0. The van der Waals surface area contributed by atoms with Gasteiger partial charge in [-0.25, -0.2) is 8.78 Å². The Morgan fingerprint density at radius 2 is 2.18 bits per heavy atom. The molecule has 0 bridgehead atoms. The molecular weight excluding hydrogens is 150 g/mol. The number of carbonyl (C=O) groups excluding carboxylic acids is 1. The van der Waals surface area contributed by atoms with Gasteiger partial charge in [0, 0.05) is 0 Å². The Kier molecular flexibility index (Phi) is 1.98. The van der Waals surface area contributed by atoms with Gasteiger partial charge in [-0.2, -0.15) is 0 Å². The molecule has 1 nitrogen and oxygen atoms in total. The number of halogens is 2. The van der Waals surface area contributed by atoms with Crippen LogP contribution in [0.25, 0.3) is 0 Å². The molecule has 1 aromatic carbocycles. The fourth-order valence-electron chi connectivity index (χ4n) is 0.710. The van der Waals surface area contributed by atoms with Crippen LogP contribution in [0.4, 0.5) is 8.78 Å². The Labute approximate surface area is 62.7 Å². The zero-order chi connectivity index (χ0) is 8.43. The van der Waals surface area contributed by atoms with Crippen LogP contribution in [-0.2, 0) is 0 Å². The molecule has 1 aromatic rings. The lowest BCUT2D eigenvalue weighted by Crippen LogP contribution is -1.99. The molecule has 1 radical (unpaired) electrons. The lowest BCUT2D eigenvalue weighted by atomic mass is 10.1. The van der Waals surface area contributed by atoms with Gasteiger partial charge >= 0.3 is 0 Å². The van der Waals surface area contributed by atoms with Gasteiger partial charge < -0.3 is 0 Å². The average Bonchev–Trinajstić information content (AvgIpc) is 1.94. The fraction of sp³-hybridized carbons (Fsp3) is 0.125. The Morgan fingerprint density at radius 1 is 1.55 bits per heavy atom.